The molecule has 0 aliphatic heterocycles. The summed E-state index contributed by atoms with van der Waals surface area (Å²) >= 11 is 0. The van der Waals surface area contributed by atoms with Gasteiger partial charge in [-0.25, -0.2) is 0 Å². The van der Waals surface area contributed by atoms with Gasteiger partial charge in [-0.05, 0) is 0 Å². The first-order valence-electron chi connectivity index (χ1n) is 1.83. The molecule has 0 rings (SSSR count). The molecule has 1 radical (unpaired) electrons. The van der Waals surface area contributed by atoms with E-state index in [2.05, 4.69) is 5.16 Å². The third-order valence-electron chi connectivity index (χ3n) is 0.530. The van der Waals surface area contributed by atoms with Crippen LogP contribution in [0.5, 0.6) is 0 Å². The van der Waals surface area contributed by atoms with Gasteiger partial charge >= 0.3 is 0 Å². The van der Waals surface area contributed by atoms with Crippen molar-refractivity contribution in [2.24, 2.45) is 5.16 Å². The van der Waals surface area contributed by atoms with Crippen LogP contribution in [0.2, 0.25) is 0 Å². The fourth-order valence-corrected chi connectivity index (χ4v) is 0.163. The molecule has 0 aliphatic rings. The van der Waals surface area contributed by atoms with Crippen molar-refractivity contribution in [2.75, 3.05) is 0 Å². The van der Waals surface area contributed by atoms with E-state index in [1.807, 2.05) is 0 Å². The minimum absolute atomic E-state index is 0.579. The molecule has 0 heterocycles. The number of ketones is 1. The average molecular weight is 114 g/mol. The number of rotatable bonds is 2. The molecule has 4 heteroatoms. The SMILES string of the molecule is CC(=O)C([C]=O)=NO. The lowest BCUT2D eigenvalue weighted by Gasteiger charge is -1.80. The van der Waals surface area contributed by atoms with E-state index < -0.39 is 11.5 Å². The van der Waals surface area contributed by atoms with E-state index >= 15 is 0 Å². The highest BCUT2D eigenvalue weighted by Crippen LogP contribution is 1.72. The predicted octanol–water partition coefficient (Wildman–Crippen LogP) is -0.485. The minimum atomic E-state index is -0.595. The lowest BCUT2D eigenvalue weighted by atomic mass is 10.3. The summed E-state index contributed by atoms with van der Waals surface area (Å²) in [6.07, 6.45) is 1.15. The van der Waals surface area contributed by atoms with Crippen molar-refractivity contribution in [3.05, 3.63) is 0 Å². The van der Waals surface area contributed by atoms with E-state index in [0.29, 0.717) is 0 Å². The van der Waals surface area contributed by atoms with Gasteiger partial charge in [-0.2, -0.15) is 0 Å². The summed E-state index contributed by atoms with van der Waals surface area (Å²) in [5.41, 5.74) is -0.579. The Hall–Kier alpha value is -1.19. The molecule has 0 amide bonds. The number of hydrogen-bond donors (Lipinski definition) is 1. The summed E-state index contributed by atoms with van der Waals surface area (Å²) in [6.45, 7) is 1.11. The largest absolute Gasteiger partial charge is 0.410 e. The van der Waals surface area contributed by atoms with Crippen LogP contribution in [0, 0.1) is 0 Å². The van der Waals surface area contributed by atoms with Crippen molar-refractivity contribution in [3.63, 3.8) is 0 Å². The molecule has 0 saturated heterocycles. The molecule has 0 aromatic rings. The fourth-order valence-electron chi connectivity index (χ4n) is 0.163. The van der Waals surface area contributed by atoms with Crippen LogP contribution >= 0.6 is 0 Å². The second-order valence-corrected chi connectivity index (χ2v) is 1.11. The second kappa shape index (κ2) is 2.90. The van der Waals surface area contributed by atoms with E-state index in [4.69, 9.17) is 5.21 Å². The molecule has 4 nitrogen and oxygen atoms in total. The fraction of sp³-hybridized carbons (Fsp3) is 0.250. The first-order chi connectivity index (χ1) is 3.72. The smallest absolute Gasteiger partial charge is 0.260 e. The Kier molecular flexibility index (Phi) is 2.47. The Balaban J connectivity index is 4.13. The molecular formula is C4H4NO3. The maximum atomic E-state index is 10.1. The standard InChI is InChI=1S/C4H4NO3/c1-3(7)4(2-6)5-8/h8H,1H3. The van der Waals surface area contributed by atoms with Crippen LogP contribution in [-0.4, -0.2) is 23.0 Å². The zero-order valence-corrected chi connectivity index (χ0v) is 4.21. The van der Waals surface area contributed by atoms with E-state index in [1.165, 1.54) is 0 Å². The molecule has 1 N–H and O–H groups in total. The Morgan fingerprint density at radius 1 is 1.75 bits per heavy atom. The monoisotopic (exact) mass is 114 g/mol. The minimum Gasteiger partial charge on any atom is -0.410 e. The van der Waals surface area contributed by atoms with Crippen LogP contribution in [0.1, 0.15) is 6.92 Å². The number of nitrogens with zero attached hydrogens (tertiary/aromatic N) is 1. The Morgan fingerprint density at radius 2 is 2.25 bits per heavy atom. The van der Waals surface area contributed by atoms with Gasteiger partial charge in [0.05, 0.1) is 0 Å². The molecular weight excluding hydrogens is 110 g/mol. The third kappa shape index (κ3) is 1.51. The summed E-state index contributed by atoms with van der Waals surface area (Å²) in [6, 6.07) is 0. The zero-order valence-electron chi connectivity index (χ0n) is 4.21. The van der Waals surface area contributed by atoms with Gasteiger partial charge in [0, 0.05) is 6.92 Å². The number of Topliss-reactive ketones (excluding diaryl/α,β-unsaturated/α-hetero) is 1. The summed E-state index contributed by atoms with van der Waals surface area (Å²) in [5, 5.41) is 10.2. The normalized spacial score (nSPS) is 10.9. The summed E-state index contributed by atoms with van der Waals surface area (Å²) in [7, 11) is 0. The van der Waals surface area contributed by atoms with Gasteiger partial charge in [-0.15, -0.1) is 0 Å². The number of hydrogen-bond acceptors (Lipinski definition) is 4. The average Bonchev–Trinajstić information content (AvgIpc) is 1.69. The highest BCUT2D eigenvalue weighted by Gasteiger charge is 2.03. The van der Waals surface area contributed by atoms with Crippen molar-refractivity contribution in [1.82, 2.24) is 0 Å². The Labute approximate surface area is 45.8 Å². The molecule has 43 valence electrons. The van der Waals surface area contributed by atoms with Gasteiger partial charge in [0.15, 0.2) is 11.5 Å². The molecule has 0 saturated carbocycles. The Bertz CT molecular complexity index is 138. The maximum Gasteiger partial charge on any atom is 0.260 e. The van der Waals surface area contributed by atoms with Gasteiger partial charge in [-0.1, -0.05) is 5.16 Å². The molecule has 0 aliphatic carbocycles. The van der Waals surface area contributed by atoms with Crippen LogP contribution in [0.3, 0.4) is 0 Å². The molecule has 0 aromatic carbocycles. The van der Waals surface area contributed by atoms with Crippen LogP contribution < -0.4 is 0 Å². The van der Waals surface area contributed by atoms with Crippen molar-refractivity contribution < 1.29 is 14.8 Å². The molecule has 0 aromatic heterocycles. The van der Waals surface area contributed by atoms with Crippen molar-refractivity contribution in [1.29, 1.82) is 0 Å². The topological polar surface area (TPSA) is 66.7 Å². The van der Waals surface area contributed by atoms with Crippen LogP contribution in [0.25, 0.3) is 0 Å². The molecule has 0 atom stereocenters. The van der Waals surface area contributed by atoms with Gasteiger partial charge in [-0.3, -0.25) is 9.59 Å². The van der Waals surface area contributed by atoms with E-state index in [-0.39, 0.29) is 0 Å². The lowest BCUT2D eigenvalue weighted by molar-refractivity contribution is -0.111. The predicted molar refractivity (Wildman–Crippen MR) is 25.6 cm³/mol. The van der Waals surface area contributed by atoms with Crippen molar-refractivity contribution in [3.8, 4) is 0 Å². The zero-order chi connectivity index (χ0) is 6.57. The Morgan fingerprint density at radius 3 is 2.25 bits per heavy atom. The quantitative estimate of drug-likeness (QED) is 0.228. The first kappa shape index (κ1) is 6.81. The highest BCUT2D eigenvalue weighted by atomic mass is 16.4. The van der Waals surface area contributed by atoms with Gasteiger partial charge in [0.2, 0.25) is 0 Å². The van der Waals surface area contributed by atoms with Gasteiger partial charge in [0.25, 0.3) is 6.29 Å². The van der Waals surface area contributed by atoms with E-state index in [9.17, 15) is 9.59 Å². The first-order valence-corrected chi connectivity index (χ1v) is 1.83. The van der Waals surface area contributed by atoms with Crippen molar-refractivity contribution in [2.45, 2.75) is 6.92 Å². The van der Waals surface area contributed by atoms with Crippen LogP contribution in [0.15, 0.2) is 5.16 Å². The molecule has 0 bridgehead atoms. The van der Waals surface area contributed by atoms with Gasteiger partial charge in [0.1, 0.15) is 0 Å². The molecule has 8 heavy (non-hydrogen) atoms. The second-order valence-electron chi connectivity index (χ2n) is 1.11. The van der Waals surface area contributed by atoms with Gasteiger partial charge < -0.3 is 5.21 Å². The summed E-state index contributed by atoms with van der Waals surface area (Å²) in [5.74, 6) is -0.595. The van der Waals surface area contributed by atoms with Crippen LogP contribution in [0.4, 0.5) is 0 Å². The van der Waals surface area contributed by atoms with E-state index in [0.717, 1.165) is 13.2 Å². The van der Waals surface area contributed by atoms with Crippen molar-refractivity contribution >= 4 is 17.8 Å². The number of carbonyl (C=O) groups excluding carboxylic acids is 2. The molecule has 0 spiro atoms. The third-order valence-corrected chi connectivity index (χ3v) is 0.530. The van der Waals surface area contributed by atoms with E-state index in [1.54, 1.807) is 0 Å². The number of oxime groups is 1. The molecule has 0 unspecified atom stereocenters. The lowest BCUT2D eigenvalue weighted by Crippen LogP contribution is -2.10. The number of carbonyl (C=O) groups is 1. The summed E-state index contributed by atoms with van der Waals surface area (Å²) in [4.78, 5) is 19.6. The summed E-state index contributed by atoms with van der Waals surface area (Å²) < 4.78 is 0. The molecule has 0 fully saturated rings. The highest BCUT2D eigenvalue weighted by molar-refractivity contribution is 6.59. The van der Waals surface area contributed by atoms with Crippen LogP contribution in [-0.2, 0) is 9.59 Å². The maximum absolute atomic E-state index is 10.1.